The van der Waals surface area contributed by atoms with Gasteiger partial charge in [0.25, 0.3) is 11.8 Å². The van der Waals surface area contributed by atoms with Crippen LogP contribution in [0.15, 0.2) is 54.7 Å². The number of methoxy groups -OCH3 is 1. The van der Waals surface area contributed by atoms with E-state index in [1.54, 1.807) is 30.3 Å². The van der Waals surface area contributed by atoms with Crippen LogP contribution < -0.4 is 15.4 Å². The molecule has 2 amide bonds. The number of aromatic hydroxyl groups is 1. The number of hydrogen-bond acceptors (Lipinski definition) is 7. The maximum Gasteiger partial charge on any atom is 0.259 e. The lowest BCUT2D eigenvalue weighted by molar-refractivity contribution is 0.102. The van der Waals surface area contributed by atoms with Gasteiger partial charge in [0, 0.05) is 30.3 Å². The number of terminal acetylenes is 1. The summed E-state index contributed by atoms with van der Waals surface area (Å²) in [7, 11) is 7.29. The number of carbonyl (C=O) groups excluding carboxylic acids is 2. The van der Waals surface area contributed by atoms with Crippen LogP contribution in [0.2, 0.25) is 0 Å². The molecule has 10 heteroatoms. The van der Waals surface area contributed by atoms with Gasteiger partial charge in [0.05, 0.1) is 24.6 Å². The molecular weight excluding hydrogens is 496 g/mol. The number of pyridine rings is 1. The lowest BCUT2D eigenvalue weighted by Gasteiger charge is -2.21. The molecule has 0 radical (unpaired) electrons. The fraction of sp³-hybridized carbons (Fsp3) is 0.241. The van der Waals surface area contributed by atoms with Crippen molar-refractivity contribution in [3.63, 3.8) is 0 Å². The van der Waals surface area contributed by atoms with Crippen molar-refractivity contribution in [1.82, 2.24) is 14.8 Å². The summed E-state index contributed by atoms with van der Waals surface area (Å²) in [6, 6.07) is 12.5. The standard InChI is InChI=1S/C29H32N6O4/c1-6-19-16-23(29(38)32-25-13-12-22(36)18-31-25)26(24(17-19)39-5)33-28(37)21-10-8-20(9-11-21)27(30)35(4)15-7-14-34(2)3/h1,8-13,16-18,30,36H,7,14-15H2,2-5H3,(H,33,37)(H,31,32,38). The molecule has 1 heterocycles. The molecule has 10 nitrogen and oxygen atoms in total. The van der Waals surface area contributed by atoms with Gasteiger partial charge < -0.3 is 30.3 Å². The van der Waals surface area contributed by atoms with E-state index >= 15 is 0 Å². The van der Waals surface area contributed by atoms with Crippen LogP contribution in [-0.4, -0.2) is 78.9 Å². The van der Waals surface area contributed by atoms with Gasteiger partial charge in [-0.1, -0.05) is 18.1 Å². The largest absolute Gasteiger partial charge is 0.506 e. The average molecular weight is 529 g/mol. The number of hydrogen-bond donors (Lipinski definition) is 4. The first-order valence-electron chi connectivity index (χ1n) is 12.1. The van der Waals surface area contributed by atoms with Crippen molar-refractivity contribution < 1.29 is 19.4 Å². The van der Waals surface area contributed by atoms with Gasteiger partial charge in [-0.05, 0) is 63.5 Å². The Kier molecular flexibility index (Phi) is 9.62. The highest BCUT2D eigenvalue weighted by Gasteiger charge is 2.21. The van der Waals surface area contributed by atoms with Crippen LogP contribution in [0.4, 0.5) is 11.5 Å². The molecule has 202 valence electrons. The predicted octanol–water partition coefficient (Wildman–Crippen LogP) is 3.49. The van der Waals surface area contributed by atoms with Gasteiger partial charge in [-0.2, -0.15) is 0 Å². The molecule has 3 aromatic rings. The van der Waals surface area contributed by atoms with Crippen molar-refractivity contribution in [2.24, 2.45) is 0 Å². The summed E-state index contributed by atoms with van der Waals surface area (Å²) in [6.07, 6.45) is 7.68. The van der Waals surface area contributed by atoms with Crippen molar-refractivity contribution in [1.29, 1.82) is 5.41 Å². The molecule has 3 rings (SSSR count). The van der Waals surface area contributed by atoms with Crippen LogP contribution in [0.3, 0.4) is 0 Å². The predicted molar refractivity (Wildman–Crippen MR) is 152 cm³/mol. The fourth-order valence-corrected chi connectivity index (χ4v) is 3.73. The number of carbonyl (C=O) groups is 2. The zero-order valence-electron chi connectivity index (χ0n) is 22.4. The Hall–Kier alpha value is -4.88. The third-order valence-electron chi connectivity index (χ3n) is 5.86. The van der Waals surface area contributed by atoms with Gasteiger partial charge >= 0.3 is 0 Å². The number of amides is 2. The second-order valence-corrected chi connectivity index (χ2v) is 9.06. The first kappa shape index (κ1) is 28.7. The molecule has 0 aliphatic carbocycles. The molecule has 0 atom stereocenters. The number of nitrogens with one attached hydrogen (secondary N) is 3. The lowest BCUT2D eigenvalue weighted by Crippen LogP contribution is -2.29. The van der Waals surface area contributed by atoms with E-state index in [9.17, 15) is 14.7 Å². The van der Waals surface area contributed by atoms with E-state index in [1.807, 2.05) is 26.0 Å². The van der Waals surface area contributed by atoms with Crippen molar-refractivity contribution in [3.8, 4) is 23.8 Å². The zero-order valence-corrected chi connectivity index (χ0v) is 22.4. The Balaban J connectivity index is 1.81. The first-order chi connectivity index (χ1) is 18.6. The smallest absolute Gasteiger partial charge is 0.259 e. The summed E-state index contributed by atoms with van der Waals surface area (Å²) < 4.78 is 5.43. The highest BCUT2D eigenvalue weighted by atomic mass is 16.5. The zero-order chi connectivity index (χ0) is 28.5. The third-order valence-corrected chi connectivity index (χ3v) is 5.86. The van der Waals surface area contributed by atoms with E-state index in [0.717, 1.165) is 19.5 Å². The molecule has 0 fully saturated rings. The molecule has 0 spiro atoms. The fourth-order valence-electron chi connectivity index (χ4n) is 3.73. The number of benzene rings is 2. The molecule has 0 unspecified atom stereocenters. The Bertz CT molecular complexity index is 1380. The van der Waals surface area contributed by atoms with Gasteiger partial charge in [-0.3, -0.25) is 15.0 Å². The summed E-state index contributed by atoms with van der Waals surface area (Å²) in [5.41, 5.74) is 1.59. The molecule has 0 bridgehead atoms. The SMILES string of the molecule is C#Cc1cc(OC)c(NC(=O)c2ccc(C(=N)N(C)CCCN(C)C)cc2)c(C(=O)Nc2ccc(O)cn2)c1. The summed E-state index contributed by atoms with van der Waals surface area (Å²) >= 11 is 0. The van der Waals surface area contributed by atoms with Crippen LogP contribution in [0.25, 0.3) is 0 Å². The Labute approximate surface area is 228 Å². The van der Waals surface area contributed by atoms with Crippen LogP contribution in [0.1, 0.15) is 38.3 Å². The van der Waals surface area contributed by atoms with Gasteiger partial charge in [-0.25, -0.2) is 4.98 Å². The Morgan fingerprint density at radius 3 is 2.31 bits per heavy atom. The maximum absolute atomic E-state index is 13.2. The molecule has 0 saturated carbocycles. The molecular formula is C29H32N6O4. The van der Waals surface area contributed by atoms with Crippen LogP contribution in [0.5, 0.6) is 11.5 Å². The highest BCUT2D eigenvalue weighted by Crippen LogP contribution is 2.31. The van der Waals surface area contributed by atoms with Crippen molar-refractivity contribution >= 4 is 29.2 Å². The van der Waals surface area contributed by atoms with Crippen molar-refractivity contribution in [2.75, 3.05) is 52.0 Å². The molecule has 4 N–H and O–H groups in total. The summed E-state index contributed by atoms with van der Waals surface area (Å²) in [4.78, 5) is 34.3. The highest BCUT2D eigenvalue weighted by molar-refractivity contribution is 6.14. The number of amidine groups is 1. The van der Waals surface area contributed by atoms with E-state index in [1.165, 1.54) is 31.5 Å². The van der Waals surface area contributed by atoms with E-state index in [4.69, 9.17) is 16.6 Å². The quantitative estimate of drug-likeness (QED) is 0.180. The minimum absolute atomic E-state index is 0.0472. The summed E-state index contributed by atoms with van der Waals surface area (Å²) in [5, 5.41) is 23.3. The van der Waals surface area contributed by atoms with Gasteiger partial charge in [0.15, 0.2) is 0 Å². The van der Waals surface area contributed by atoms with Crippen LogP contribution in [-0.2, 0) is 0 Å². The van der Waals surface area contributed by atoms with Gasteiger partial charge in [-0.15, -0.1) is 6.42 Å². The van der Waals surface area contributed by atoms with E-state index in [2.05, 4.69) is 26.4 Å². The minimum Gasteiger partial charge on any atom is -0.506 e. The minimum atomic E-state index is -0.583. The normalized spacial score (nSPS) is 10.5. The molecule has 0 aliphatic rings. The lowest BCUT2D eigenvalue weighted by atomic mass is 10.1. The number of ether oxygens (including phenoxy) is 1. The number of rotatable bonds is 10. The second-order valence-electron chi connectivity index (χ2n) is 9.06. The number of anilines is 2. The van der Waals surface area contributed by atoms with E-state index in [0.29, 0.717) is 22.5 Å². The molecule has 2 aromatic carbocycles. The molecule has 1 aromatic heterocycles. The summed E-state index contributed by atoms with van der Waals surface area (Å²) in [6.45, 7) is 1.66. The third kappa shape index (κ3) is 7.56. The van der Waals surface area contributed by atoms with Crippen LogP contribution in [0, 0.1) is 17.8 Å². The molecule has 0 aliphatic heterocycles. The monoisotopic (exact) mass is 528 g/mol. The summed E-state index contributed by atoms with van der Waals surface area (Å²) in [5.74, 6) is 2.13. The Morgan fingerprint density at radius 1 is 1.03 bits per heavy atom. The van der Waals surface area contributed by atoms with Crippen molar-refractivity contribution in [2.45, 2.75) is 6.42 Å². The van der Waals surface area contributed by atoms with E-state index < -0.39 is 11.8 Å². The molecule has 0 saturated heterocycles. The van der Waals surface area contributed by atoms with Crippen molar-refractivity contribution in [3.05, 3.63) is 77.0 Å². The van der Waals surface area contributed by atoms with Gasteiger partial charge in [0.1, 0.15) is 23.2 Å². The average Bonchev–Trinajstić information content (AvgIpc) is 2.93. The first-order valence-corrected chi connectivity index (χ1v) is 12.1. The Morgan fingerprint density at radius 2 is 1.72 bits per heavy atom. The number of aromatic nitrogens is 1. The number of nitrogens with zero attached hydrogens (tertiary/aromatic N) is 3. The van der Waals surface area contributed by atoms with Gasteiger partial charge in [0.2, 0.25) is 0 Å². The second kappa shape index (κ2) is 13.1. The molecule has 39 heavy (non-hydrogen) atoms. The topological polar surface area (TPSA) is 131 Å². The maximum atomic E-state index is 13.2. The van der Waals surface area contributed by atoms with E-state index in [-0.39, 0.29) is 28.6 Å². The van der Waals surface area contributed by atoms with Crippen LogP contribution >= 0.6 is 0 Å².